The zero-order valence-corrected chi connectivity index (χ0v) is 15.2. The molecule has 0 saturated heterocycles. The summed E-state index contributed by atoms with van der Waals surface area (Å²) in [5.74, 6) is 0.457. The Labute approximate surface area is 161 Å². The lowest BCUT2D eigenvalue weighted by Crippen LogP contribution is -2.01. The normalized spacial score (nSPS) is 11.4. The summed E-state index contributed by atoms with van der Waals surface area (Å²) in [6.45, 7) is -2.88. The first kappa shape index (κ1) is 18.5. The Morgan fingerprint density at radius 3 is 2.54 bits per heavy atom. The van der Waals surface area contributed by atoms with Crippen molar-refractivity contribution in [2.75, 3.05) is 0 Å². The van der Waals surface area contributed by atoms with Gasteiger partial charge in [0.15, 0.2) is 5.82 Å². The molecule has 0 atom stereocenters. The Hall–Kier alpha value is -2.29. The van der Waals surface area contributed by atoms with Crippen LogP contribution >= 0.6 is 35.4 Å². The van der Waals surface area contributed by atoms with E-state index in [1.165, 1.54) is 16.8 Å². The van der Waals surface area contributed by atoms with Crippen molar-refractivity contribution in [3.63, 3.8) is 0 Å². The smallest absolute Gasteiger partial charge is 0.387 e. The quantitative estimate of drug-likeness (QED) is 0.449. The Morgan fingerprint density at radius 1 is 1.15 bits per heavy atom. The van der Waals surface area contributed by atoms with Gasteiger partial charge in [0.2, 0.25) is 4.77 Å². The van der Waals surface area contributed by atoms with Gasteiger partial charge in [-0.05, 0) is 54.2 Å². The van der Waals surface area contributed by atoms with Crippen molar-refractivity contribution in [3.8, 4) is 17.1 Å². The first-order chi connectivity index (χ1) is 12.4. The van der Waals surface area contributed by atoms with Crippen molar-refractivity contribution in [2.45, 2.75) is 6.61 Å². The molecular weight excluding hydrogens is 405 g/mol. The number of halogens is 4. The second-order valence-corrected chi connectivity index (χ2v) is 6.19. The summed E-state index contributed by atoms with van der Waals surface area (Å²) in [6, 6.07) is 11.0. The number of benzene rings is 2. The van der Waals surface area contributed by atoms with Crippen LogP contribution in [0.4, 0.5) is 8.78 Å². The summed E-state index contributed by atoms with van der Waals surface area (Å²) in [5.41, 5.74) is 1.33. The zero-order valence-electron chi connectivity index (χ0n) is 12.9. The molecule has 0 aliphatic carbocycles. The van der Waals surface area contributed by atoms with Crippen LogP contribution in [0.1, 0.15) is 5.56 Å². The highest BCUT2D eigenvalue weighted by molar-refractivity contribution is 7.71. The molecule has 10 heteroatoms. The van der Waals surface area contributed by atoms with Gasteiger partial charge in [0.1, 0.15) is 5.75 Å². The highest BCUT2D eigenvalue weighted by atomic mass is 35.5. The van der Waals surface area contributed by atoms with E-state index >= 15 is 0 Å². The van der Waals surface area contributed by atoms with Gasteiger partial charge in [-0.2, -0.15) is 23.7 Å². The van der Waals surface area contributed by atoms with Gasteiger partial charge in [-0.1, -0.05) is 29.3 Å². The van der Waals surface area contributed by atoms with E-state index in [-0.39, 0.29) is 10.5 Å². The van der Waals surface area contributed by atoms with Crippen LogP contribution in [0.5, 0.6) is 5.75 Å². The molecule has 26 heavy (non-hydrogen) atoms. The van der Waals surface area contributed by atoms with Crippen LogP contribution in [0, 0.1) is 4.77 Å². The minimum Gasteiger partial charge on any atom is -0.435 e. The number of nitrogens with zero attached hydrogens (tertiary/aromatic N) is 3. The number of ether oxygens (including phenoxy) is 1. The molecule has 0 radical (unpaired) electrons. The van der Waals surface area contributed by atoms with E-state index in [1.807, 2.05) is 0 Å². The van der Waals surface area contributed by atoms with Gasteiger partial charge in [-0.3, -0.25) is 0 Å². The van der Waals surface area contributed by atoms with Gasteiger partial charge < -0.3 is 4.74 Å². The number of alkyl halides is 2. The van der Waals surface area contributed by atoms with E-state index in [9.17, 15) is 8.78 Å². The van der Waals surface area contributed by atoms with Gasteiger partial charge in [0.05, 0.1) is 16.3 Å². The maximum atomic E-state index is 12.2. The number of rotatable bonds is 5. The Kier molecular flexibility index (Phi) is 5.65. The fourth-order valence-electron chi connectivity index (χ4n) is 2.09. The van der Waals surface area contributed by atoms with Crippen LogP contribution < -0.4 is 4.74 Å². The number of hydrogen-bond donors (Lipinski definition) is 1. The zero-order chi connectivity index (χ0) is 18.7. The van der Waals surface area contributed by atoms with Crippen molar-refractivity contribution >= 4 is 41.6 Å². The van der Waals surface area contributed by atoms with Crippen molar-refractivity contribution in [1.29, 1.82) is 0 Å². The van der Waals surface area contributed by atoms with Crippen LogP contribution in [0.2, 0.25) is 10.0 Å². The van der Waals surface area contributed by atoms with Gasteiger partial charge >= 0.3 is 6.61 Å². The van der Waals surface area contributed by atoms with Gasteiger partial charge in [0.25, 0.3) is 0 Å². The molecule has 3 aromatic rings. The summed E-state index contributed by atoms with van der Waals surface area (Å²) in [6.07, 6.45) is 1.55. The first-order valence-electron chi connectivity index (χ1n) is 7.16. The van der Waals surface area contributed by atoms with Gasteiger partial charge in [-0.25, -0.2) is 5.10 Å². The third-order valence-electron chi connectivity index (χ3n) is 3.25. The molecule has 0 saturated carbocycles. The minimum absolute atomic E-state index is 0.0451. The fraction of sp³-hybridized carbons (Fsp3) is 0.0625. The molecule has 0 fully saturated rings. The van der Waals surface area contributed by atoms with E-state index in [1.54, 1.807) is 36.5 Å². The molecule has 0 aliphatic heterocycles. The van der Waals surface area contributed by atoms with Crippen molar-refractivity contribution in [1.82, 2.24) is 14.9 Å². The fourth-order valence-corrected chi connectivity index (χ4v) is 2.57. The van der Waals surface area contributed by atoms with Gasteiger partial charge in [0, 0.05) is 5.56 Å². The molecule has 134 valence electrons. The maximum absolute atomic E-state index is 12.2. The maximum Gasteiger partial charge on any atom is 0.387 e. The highest BCUT2D eigenvalue weighted by Crippen LogP contribution is 2.23. The number of aromatic nitrogens is 3. The topological polar surface area (TPSA) is 55.2 Å². The standard InChI is InChI=1S/C16H10Cl2F2N4OS/c17-12-6-1-9(7-13(12)18)8-21-24-14(22-23-16(24)26)10-2-4-11(5-3-10)25-15(19)20/h1-8,15H,(H,23,26). The Balaban J connectivity index is 1.90. The summed E-state index contributed by atoms with van der Waals surface area (Å²) in [5, 5.41) is 11.9. The summed E-state index contributed by atoms with van der Waals surface area (Å²) in [7, 11) is 0. The van der Waals surface area contributed by atoms with Crippen LogP contribution in [0.25, 0.3) is 11.4 Å². The number of H-pyrrole nitrogens is 1. The van der Waals surface area contributed by atoms with Gasteiger partial charge in [-0.15, -0.1) is 0 Å². The Bertz CT molecular complexity index is 1000. The summed E-state index contributed by atoms with van der Waals surface area (Å²) < 4.78 is 30.5. The average Bonchev–Trinajstić information content (AvgIpc) is 2.97. The van der Waals surface area contributed by atoms with Crippen molar-refractivity contribution in [3.05, 3.63) is 62.8 Å². The number of nitrogens with one attached hydrogen (secondary N) is 1. The summed E-state index contributed by atoms with van der Waals surface area (Å²) in [4.78, 5) is 0. The molecule has 0 aliphatic rings. The molecule has 0 bridgehead atoms. The predicted octanol–water partition coefficient (Wildman–Crippen LogP) is 5.40. The molecule has 1 heterocycles. The largest absolute Gasteiger partial charge is 0.435 e. The molecule has 0 spiro atoms. The van der Waals surface area contributed by atoms with Crippen molar-refractivity contribution < 1.29 is 13.5 Å². The lowest BCUT2D eigenvalue weighted by Gasteiger charge is -2.05. The second-order valence-electron chi connectivity index (χ2n) is 4.99. The van der Waals surface area contributed by atoms with Crippen LogP contribution in [0.3, 0.4) is 0 Å². The third kappa shape index (κ3) is 4.27. The minimum atomic E-state index is -2.88. The van der Waals surface area contributed by atoms with Crippen LogP contribution in [0.15, 0.2) is 47.6 Å². The van der Waals surface area contributed by atoms with E-state index < -0.39 is 6.61 Å². The molecule has 0 amide bonds. The first-order valence-corrected chi connectivity index (χ1v) is 8.32. The highest BCUT2D eigenvalue weighted by Gasteiger charge is 2.10. The molecule has 1 N–H and O–H groups in total. The van der Waals surface area contributed by atoms with E-state index in [2.05, 4.69) is 20.0 Å². The van der Waals surface area contributed by atoms with E-state index in [0.717, 1.165) is 0 Å². The predicted molar refractivity (Wildman–Crippen MR) is 98.9 cm³/mol. The SMILES string of the molecule is FC(F)Oc1ccc(-c2n[nH]c(=S)n2N=Cc2ccc(Cl)c(Cl)c2)cc1. The molecule has 5 nitrogen and oxygen atoms in total. The average molecular weight is 415 g/mol. The van der Waals surface area contributed by atoms with E-state index in [0.29, 0.717) is 27.0 Å². The molecular formula is C16H10Cl2F2N4OS. The Morgan fingerprint density at radius 2 is 1.88 bits per heavy atom. The van der Waals surface area contributed by atoms with E-state index in [4.69, 9.17) is 35.4 Å². The monoisotopic (exact) mass is 414 g/mol. The van der Waals surface area contributed by atoms with Crippen LogP contribution in [-0.2, 0) is 0 Å². The third-order valence-corrected chi connectivity index (χ3v) is 4.26. The summed E-state index contributed by atoms with van der Waals surface area (Å²) >= 11 is 17.0. The molecule has 3 rings (SSSR count). The lowest BCUT2D eigenvalue weighted by atomic mass is 10.2. The van der Waals surface area contributed by atoms with Crippen LogP contribution in [-0.4, -0.2) is 27.7 Å². The molecule has 1 aromatic heterocycles. The number of hydrogen-bond acceptors (Lipinski definition) is 4. The lowest BCUT2D eigenvalue weighted by molar-refractivity contribution is -0.0498. The second kappa shape index (κ2) is 7.94. The molecule has 0 unspecified atom stereocenters. The molecule has 2 aromatic carbocycles. The van der Waals surface area contributed by atoms with Crippen molar-refractivity contribution in [2.24, 2.45) is 5.10 Å². The number of aromatic amines is 1.